The fourth-order valence-electron chi connectivity index (χ4n) is 3.44. The zero-order valence-electron chi connectivity index (χ0n) is 11.6. The van der Waals surface area contributed by atoms with Gasteiger partial charge < -0.3 is 14.7 Å². The Morgan fingerprint density at radius 2 is 2.26 bits per heavy atom. The average Bonchev–Trinajstić information content (AvgIpc) is 2.76. The van der Waals surface area contributed by atoms with Gasteiger partial charge in [-0.05, 0) is 37.8 Å². The standard InChI is InChI=1S/C16H23NO2/c1-13-9-14-5-2-3-6-15(14)17(13)10-16(11-18)7-4-8-19-12-16/h2-3,5-6,13,18H,4,7-12H2,1H3. The van der Waals surface area contributed by atoms with E-state index in [0.29, 0.717) is 12.6 Å². The molecule has 104 valence electrons. The van der Waals surface area contributed by atoms with Gasteiger partial charge in [-0.1, -0.05) is 18.2 Å². The van der Waals surface area contributed by atoms with Crippen LogP contribution < -0.4 is 4.90 Å². The first kappa shape index (κ1) is 12.9. The van der Waals surface area contributed by atoms with E-state index in [-0.39, 0.29) is 12.0 Å². The van der Waals surface area contributed by atoms with Crippen LogP contribution in [-0.2, 0) is 11.2 Å². The van der Waals surface area contributed by atoms with Gasteiger partial charge in [0.2, 0.25) is 0 Å². The Morgan fingerprint density at radius 1 is 1.42 bits per heavy atom. The van der Waals surface area contributed by atoms with Crippen LogP contribution in [0.25, 0.3) is 0 Å². The molecule has 0 radical (unpaired) electrons. The van der Waals surface area contributed by atoms with Crippen LogP contribution in [0.5, 0.6) is 0 Å². The summed E-state index contributed by atoms with van der Waals surface area (Å²) in [5.74, 6) is 0. The lowest BCUT2D eigenvalue weighted by molar-refractivity contribution is -0.0340. The number of anilines is 1. The Morgan fingerprint density at radius 3 is 3.00 bits per heavy atom. The highest BCUT2D eigenvalue weighted by molar-refractivity contribution is 5.59. The minimum absolute atomic E-state index is 0.0794. The van der Waals surface area contributed by atoms with Crippen molar-refractivity contribution < 1.29 is 9.84 Å². The van der Waals surface area contributed by atoms with Gasteiger partial charge >= 0.3 is 0 Å². The second kappa shape index (κ2) is 5.14. The SMILES string of the molecule is CC1Cc2ccccc2N1CC1(CO)CCCOC1. The van der Waals surface area contributed by atoms with E-state index in [1.807, 2.05) is 0 Å². The van der Waals surface area contributed by atoms with Crippen LogP contribution in [0, 0.1) is 5.41 Å². The van der Waals surface area contributed by atoms with Crippen LogP contribution in [0.1, 0.15) is 25.3 Å². The van der Waals surface area contributed by atoms with Crippen LogP contribution in [0.15, 0.2) is 24.3 Å². The van der Waals surface area contributed by atoms with Crippen molar-refractivity contribution in [2.24, 2.45) is 5.41 Å². The highest BCUT2D eigenvalue weighted by Gasteiger charge is 2.37. The summed E-state index contributed by atoms with van der Waals surface area (Å²) in [5, 5.41) is 9.83. The van der Waals surface area contributed by atoms with Crippen LogP contribution >= 0.6 is 0 Å². The summed E-state index contributed by atoms with van der Waals surface area (Å²) < 4.78 is 5.62. The largest absolute Gasteiger partial charge is 0.396 e. The smallest absolute Gasteiger partial charge is 0.0561 e. The number of ether oxygens (including phenoxy) is 1. The Hall–Kier alpha value is -1.06. The van der Waals surface area contributed by atoms with Crippen LogP contribution in [-0.4, -0.2) is 37.5 Å². The monoisotopic (exact) mass is 261 g/mol. The van der Waals surface area contributed by atoms with Crippen molar-refractivity contribution in [3.05, 3.63) is 29.8 Å². The number of aliphatic hydroxyl groups excluding tert-OH is 1. The van der Waals surface area contributed by atoms with Gasteiger partial charge in [0.25, 0.3) is 0 Å². The summed E-state index contributed by atoms with van der Waals surface area (Å²) in [7, 11) is 0. The molecule has 3 rings (SSSR count). The molecule has 2 aliphatic rings. The zero-order valence-corrected chi connectivity index (χ0v) is 11.6. The first-order valence-electron chi connectivity index (χ1n) is 7.27. The van der Waals surface area contributed by atoms with Gasteiger partial charge in [0, 0.05) is 30.3 Å². The Balaban J connectivity index is 1.82. The third kappa shape index (κ3) is 2.37. The fourth-order valence-corrected chi connectivity index (χ4v) is 3.44. The van der Waals surface area contributed by atoms with Gasteiger partial charge in [0.1, 0.15) is 0 Å². The van der Waals surface area contributed by atoms with E-state index >= 15 is 0 Å². The molecular formula is C16H23NO2. The van der Waals surface area contributed by atoms with Crippen molar-refractivity contribution in [3.8, 4) is 0 Å². The van der Waals surface area contributed by atoms with E-state index < -0.39 is 0 Å². The van der Waals surface area contributed by atoms with Crippen LogP contribution in [0.4, 0.5) is 5.69 Å². The van der Waals surface area contributed by atoms with Gasteiger partial charge in [-0.15, -0.1) is 0 Å². The quantitative estimate of drug-likeness (QED) is 0.905. The highest BCUT2D eigenvalue weighted by Crippen LogP contribution is 2.37. The van der Waals surface area contributed by atoms with E-state index in [1.54, 1.807) is 0 Å². The molecule has 0 spiro atoms. The predicted octanol–water partition coefficient (Wildman–Crippen LogP) is 2.23. The van der Waals surface area contributed by atoms with Gasteiger partial charge in [0.15, 0.2) is 0 Å². The summed E-state index contributed by atoms with van der Waals surface area (Å²) in [6.45, 7) is 4.93. The number of aliphatic hydroxyl groups is 1. The maximum atomic E-state index is 9.83. The van der Waals surface area contributed by atoms with Crippen LogP contribution in [0.2, 0.25) is 0 Å². The average molecular weight is 261 g/mol. The lowest BCUT2D eigenvalue weighted by Gasteiger charge is -2.40. The number of nitrogens with zero attached hydrogens (tertiary/aromatic N) is 1. The number of hydrogen-bond donors (Lipinski definition) is 1. The minimum Gasteiger partial charge on any atom is -0.396 e. The minimum atomic E-state index is -0.0794. The zero-order chi connectivity index (χ0) is 13.3. The lowest BCUT2D eigenvalue weighted by Crippen LogP contribution is -2.47. The molecule has 0 amide bonds. The second-order valence-electron chi connectivity index (χ2n) is 6.12. The first-order chi connectivity index (χ1) is 9.24. The Labute approximate surface area is 115 Å². The molecule has 1 fully saturated rings. The molecule has 0 aliphatic carbocycles. The third-order valence-electron chi connectivity index (χ3n) is 4.59. The fraction of sp³-hybridized carbons (Fsp3) is 0.625. The summed E-state index contributed by atoms with van der Waals surface area (Å²) in [5.41, 5.74) is 2.69. The maximum Gasteiger partial charge on any atom is 0.0561 e. The number of para-hydroxylation sites is 1. The van der Waals surface area contributed by atoms with Crippen LogP contribution in [0.3, 0.4) is 0 Å². The molecule has 1 saturated heterocycles. The van der Waals surface area contributed by atoms with Crippen molar-refractivity contribution in [1.29, 1.82) is 0 Å². The molecule has 19 heavy (non-hydrogen) atoms. The number of rotatable bonds is 3. The number of hydrogen-bond acceptors (Lipinski definition) is 3. The third-order valence-corrected chi connectivity index (χ3v) is 4.59. The van der Waals surface area contributed by atoms with Gasteiger partial charge in [0.05, 0.1) is 13.2 Å². The lowest BCUT2D eigenvalue weighted by atomic mass is 9.82. The van der Waals surface area contributed by atoms with Gasteiger partial charge in [-0.2, -0.15) is 0 Å². The maximum absolute atomic E-state index is 9.83. The molecule has 0 saturated carbocycles. The Kier molecular flexibility index (Phi) is 3.50. The molecular weight excluding hydrogens is 238 g/mol. The van der Waals surface area contributed by atoms with Crippen molar-refractivity contribution in [3.63, 3.8) is 0 Å². The van der Waals surface area contributed by atoms with Crippen molar-refractivity contribution in [2.75, 3.05) is 31.3 Å². The van der Waals surface area contributed by atoms with E-state index in [1.165, 1.54) is 11.3 Å². The summed E-state index contributed by atoms with van der Waals surface area (Å²) in [6, 6.07) is 9.15. The normalized spacial score (nSPS) is 30.4. The molecule has 1 N–H and O–H groups in total. The van der Waals surface area contributed by atoms with E-state index in [4.69, 9.17) is 4.74 Å². The molecule has 0 bridgehead atoms. The summed E-state index contributed by atoms with van der Waals surface area (Å²) in [4.78, 5) is 2.46. The van der Waals surface area contributed by atoms with Gasteiger partial charge in [-0.3, -0.25) is 0 Å². The topological polar surface area (TPSA) is 32.7 Å². The second-order valence-corrected chi connectivity index (χ2v) is 6.12. The molecule has 3 nitrogen and oxygen atoms in total. The molecule has 2 heterocycles. The van der Waals surface area contributed by atoms with E-state index in [0.717, 1.165) is 32.4 Å². The van der Waals surface area contributed by atoms with E-state index in [9.17, 15) is 5.11 Å². The van der Waals surface area contributed by atoms with E-state index in [2.05, 4.69) is 36.1 Å². The molecule has 3 heteroatoms. The van der Waals surface area contributed by atoms with Crippen molar-refractivity contribution >= 4 is 5.69 Å². The Bertz CT molecular complexity index is 440. The molecule has 2 atom stereocenters. The van der Waals surface area contributed by atoms with Gasteiger partial charge in [-0.25, -0.2) is 0 Å². The summed E-state index contributed by atoms with van der Waals surface area (Å²) >= 11 is 0. The highest BCUT2D eigenvalue weighted by atomic mass is 16.5. The number of fused-ring (bicyclic) bond motifs is 1. The van der Waals surface area contributed by atoms with Crippen molar-refractivity contribution in [2.45, 2.75) is 32.2 Å². The number of benzene rings is 1. The molecule has 2 unspecified atom stereocenters. The summed E-state index contributed by atoms with van der Waals surface area (Å²) in [6.07, 6.45) is 3.23. The molecule has 2 aliphatic heterocycles. The molecule has 1 aromatic rings. The predicted molar refractivity (Wildman–Crippen MR) is 76.5 cm³/mol. The molecule has 0 aromatic heterocycles. The molecule has 1 aromatic carbocycles. The first-order valence-corrected chi connectivity index (χ1v) is 7.27. The van der Waals surface area contributed by atoms with Crippen molar-refractivity contribution in [1.82, 2.24) is 0 Å².